The second kappa shape index (κ2) is 3.02. The average Bonchev–Trinajstić information content (AvgIpc) is 2.61. The van der Waals surface area contributed by atoms with Crippen LogP contribution >= 0.6 is 0 Å². The van der Waals surface area contributed by atoms with Gasteiger partial charge < -0.3 is 10.7 Å². The van der Waals surface area contributed by atoms with Crippen LogP contribution in [0.2, 0.25) is 0 Å². The van der Waals surface area contributed by atoms with Gasteiger partial charge in [-0.05, 0) is 6.07 Å². The van der Waals surface area contributed by atoms with E-state index in [4.69, 9.17) is 5.73 Å². The molecule has 2 rings (SSSR count). The number of aromatic nitrogens is 4. The summed E-state index contributed by atoms with van der Waals surface area (Å²) in [5.41, 5.74) is 7.05. The van der Waals surface area contributed by atoms with Crippen molar-refractivity contribution in [2.24, 2.45) is 5.73 Å². The molecule has 5 nitrogen and oxygen atoms in total. The van der Waals surface area contributed by atoms with Crippen LogP contribution in [0.5, 0.6) is 0 Å². The van der Waals surface area contributed by atoms with Gasteiger partial charge in [0.05, 0.1) is 11.7 Å². The van der Waals surface area contributed by atoms with E-state index in [1.165, 1.54) is 0 Å². The summed E-state index contributed by atoms with van der Waals surface area (Å²) in [6, 6.07) is 1.85. The fourth-order valence-corrected chi connectivity index (χ4v) is 1.18. The van der Waals surface area contributed by atoms with Crippen molar-refractivity contribution in [3.05, 3.63) is 18.1 Å². The first kappa shape index (κ1) is 9.08. The fraction of sp³-hybridized carbons (Fsp3) is 0.444. The molecule has 0 amide bonds. The van der Waals surface area contributed by atoms with E-state index in [-0.39, 0.29) is 5.41 Å². The highest BCUT2D eigenvalue weighted by molar-refractivity contribution is 5.69. The summed E-state index contributed by atoms with van der Waals surface area (Å²) in [6.45, 7) is 4.62. The molecule has 0 aliphatic heterocycles. The summed E-state index contributed by atoms with van der Waals surface area (Å²) in [7, 11) is 0. The Balaban J connectivity index is 2.55. The van der Waals surface area contributed by atoms with Crippen LogP contribution in [0.4, 0.5) is 0 Å². The predicted molar refractivity (Wildman–Crippen MR) is 53.8 cm³/mol. The van der Waals surface area contributed by atoms with E-state index in [1.54, 1.807) is 6.20 Å². The smallest absolute Gasteiger partial charge is 0.199 e. The molecular weight excluding hydrogens is 178 g/mol. The van der Waals surface area contributed by atoms with Gasteiger partial charge in [0.15, 0.2) is 5.65 Å². The molecule has 2 aromatic heterocycles. The number of hydrogen-bond acceptors (Lipinski definition) is 4. The lowest BCUT2D eigenvalue weighted by atomic mass is 9.93. The van der Waals surface area contributed by atoms with Gasteiger partial charge in [-0.3, -0.25) is 0 Å². The van der Waals surface area contributed by atoms with Gasteiger partial charge in [0.25, 0.3) is 0 Å². The molecule has 2 heterocycles. The summed E-state index contributed by atoms with van der Waals surface area (Å²) in [6.07, 6.45) is 1.64. The van der Waals surface area contributed by atoms with Gasteiger partial charge in [-0.1, -0.05) is 13.8 Å². The van der Waals surface area contributed by atoms with Crippen molar-refractivity contribution < 1.29 is 0 Å². The Hall–Kier alpha value is -1.49. The van der Waals surface area contributed by atoms with Gasteiger partial charge in [0.1, 0.15) is 5.82 Å². The first-order valence-corrected chi connectivity index (χ1v) is 4.51. The third-order valence-electron chi connectivity index (χ3n) is 2.32. The Labute approximate surface area is 81.7 Å². The van der Waals surface area contributed by atoms with E-state index < -0.39 is 0 Å². The number of nitrogens with two attached hydrogens (primary N) is 1. The lowest BCUT2D eigenvalue weighted by Crippen LogP contribution is -2.29. The number of nitrogens with zero attached hydrogens (tertiary/aromatic N) is 3. The highest BCUT2D eigenvalue weighted by atomic mass is 15.1. The van der Waals surface area contributed by atoms with E-state index in [1.807, 2.05) is 19.9 Å². The first-order chi connectivity index (χ1) is 6.63. The van der Waals surface area contributed by atoms with Crippen molar-refractivity contribution in [2.75, 3.05) is 6.54 Å². The maximum absolute atomic E-state index is 5.66. The van der Waals surface area contributed by atoms with E-state index >= 15 is 0 Å². The molecule has 0 spiro atoms. The van der Waals surface area contributed by atoms with Gasteiger partial charge >= 0.3 is 0 Å². The van der Waals surface area contributed by atoms with Crippen molar-refractivity contribution in [3.8, 4) is 0 Å². The lowest BCUT2D eigenvalue weighted by Gasteiger charge is -2.18. The number of aromatic amines is 1. The third kappa shape index (κ3) is 1.35. The summed E-state index contributed by atoms with van der Waals surface area (Å²) in [5, 5.41) is 7.69. The minimum absolute atomic E-state index is 0.152. The molecule has 3 N–H and O–H groups in total. The topological polar surface area (TPSA) is 80.5 Å². The SMILES string of the molecule is CC(C)(CN)c1nc2nnccc2[nH]1. The minimum atomic E-state index is -0.152. The molecule has 0 unspecified atom stereocenters. The van der Waals surface area contributed by atoms with E-state index in [9.17, 15) is 0 Å². The number of hydrogen-bond donors (Lipinski definition) is 2. The van der Waals surface area contributed by atoms with Crippen molar-refractivity contribution in [2.45, 2.75) is 19.3 Å². The lowest BCUT2D eigenvalue weighted by molar-refractivity contribution is 0.509. The summed E-state index contributed by atoms with van der Waals surface area (Å²) in [5.74, 6) is 0.857. The summed E-state index contributed by atoms with van der Waals surface area (Å²) >= 11 is 0. The van der Waals surface area contributed by atoms with Crippen molar-refractivity contribution in [1.82, 2.24) is 20.2 Å². The molecule has 14 heavy (non-hydrogen) atoms. The number of H-pyrrole nitrogens is 1. The van der Waals surface area contributed by atoms with Crippen LogP contribution in [-0.4, -0.2) is 26.7 Å². The van der Waals surface area contributed by atoms with E-state index in [0.29, 0.717) is 12.2 Å². The molecule has 0 atom stereocenters. The maximum Gasteiger partial charge on any atom is 0.199 e. The molecule has 0 fully saturated rings. The van der Waals surface area contributed by atoms with Gasteiger partial charge in [0.2, 0.25) is 0 Å². The molecule has 0 saturated carbocycles. The zero-order valence-corrected chi connectivity index (χ0v) is 8.28. The molecule has 0 aliphatic rings. The van der Waals surface area contributed by atoms with E-state index in [2.05, 4.69) is 20.2 Å². The zero-order valence-electron chi connectivity index (χ0n) is 8.28. The van der Waals surface area contributed by atoms with Gasteiger partial charge in [0, 0.05) is 12.0 Å². The summed E-state index contributed by atoms with van der Waals surface area (Å²) in [4.78, 5) is 7.54. The highest BCUT2D eigenvalue weighted by Crippen LogP contribution is 2.20. The van der Waals surface area contributed by atoms with Gasteiger partial charge in [-0.25, -0.2) is 4.98 Å². The normalized spacial score (nSPS) is 12.2. The number of imidazole rings is 1. The maximum atomic E-state index is 5.66. The molecular formula is C9H13N5. The average molecular weight is 191 g/mol. The quantitative estimate of drug-likeness (QED) is 0.728. The molecule has 0 bridgehead atoms. The minimum Gasteiger partial charge on any atom is -0.340 e. The van der Waals surface area contributed by atoms with Crippen LogP contribution in [0.3, 0.4) is 0 Å². The molecule has 2 aromatic rings. The molecule has 0 radical (unpaired) electrons. The number of fused-ring (bicyclic) bond motifs is 1. The van der Waals surface area contributed by atoms with Crippen molar-refractivity contribution in [3.63, 3.8) is 0 Å². The summed E-state index contributed by atoms with van der Waals surface area (Å²) < 4.78 is 0. The van der Waals surface area contributed by atoms with E-state index in [0.717, 1.165) is 11.3 Å². The molecule has 0 aliphatic carbocycles. The first-order valence-electron chi connectivity index (χ1n) is 4.51. The Morgan fingerprint density at radius 3 is 2.93 bits per heavy atom. The largest absolute Gasteiger partial charge is 0.340 e. The van der Waals surface area contributed by atoms with Crippen LogP contribution in [-0.2, 0) is 5.41 Å². The Morgan fingerprint density at radius 2 is 2.29 bits per heavy atom. The van der Waals surface area contributed by atoms with Gasteiger partial charge in [-0.15, -0.1) is 5.10 Å². The van der Waals surface area contributed by atoms with Crippen LogP contribution in [0.15, 0.2) is 12.3 Å². The Kier molecular flexibility index (Phi) is 1.96. The number of nitrogens with one attached hydrogen (secondary N) is 1. The van der Waals surface area contributed by atoms with Crippen LogP contribution in [0.25, 0.3) is 11.2 Å². The molecule has 5 heteroatoms. The molecule has 0 saturated heterocycles. The highest BCUT2D eigenvalue weighted by Gasteiger charge is 2.22. The van der Waals surface area contributed by atoms with Crippen LogP contribution in [0.1, 0.15) is 19.7 Å². The van der Waals surface area contributed by atoms with Crippen molar-refractivity contribution in [1.29, 1.82) is 0 Å². The second-order valence-electron chi connectivity index (χ2n) is 3.94. The molecule has 0 aromatic carbocycles. The standard InChI is InChI=1S/C9H13N5/c1-9(2,5-10)8-12-6-3-4-11-14-7(6)13-8/h3-4H,5,10H2,1-2H3,(H,12,13,14). The van der Waals surface area contributed by atoms with Crippen LogP contribution < -0.4 is 5.73 Å². The molecule has 74 valence electrons. The van der Waals surface area contributed by atoms with Crippen LogP contribution in [0, 0.1) is 0 Å². The Bertz CT molecular complexity index is 412. The number of rotatable bonds is 2. The zero-order chi connectivity index (χ0) is 10.2. The van der Waals surface area contributed by atoms with Gasteiger partial charge in [-0.2, -0.15) is 5.10 Å². The fourth-order valence-electron chi connectivity index (χ4n) is 1.18. The monoisotopic (exact) mass is 191 g/mol. The Morgan fingerprint density at radius 1 is 1.50 bits per heavy atom. The van der Waals surface area contributed by atoms with Crippen molar-refractivity contribution >= 4 is 11.2 Å². The predicted octanol–water partition coefficient (Wildman–Crippen LogP) is 0.589. The third-order valence-corrected chi connectivity index (χ3v) is 2.32. The second-order valence-corrected chi connectivity index (χ2v) is 3.94.